The summed E-state index contributed by atoms with van der Waals surface area (Å²) in [5.41, 5.74) is 2.17. The summed E-state index contributed by atoms with van der Waals surface area (Å²) in [6.45, 7) is -0.559. The maximum atomic E-state index is 12.1. The van der Waals surface area contributed by atoms with E-state index in [9.17, 15) is 19.6 Å². The van der Waals surface area contributed by atoms with Gasteiger partial charge < -0.3 is 19.7 Å². The molecule has 0 radical (unpaired) electrons. The van der Waals surface area contributed by atoms with Crippen LogP contribution in [-0.4, -0.2) is 45.7 Å². The van der Waals surface area contributed by atoms with Gasteiger partial charge in [0.1, 0.15) is 11.6 Å². The van der Waals surface area contributed by atoms with Crippen molar-refractivity contribution in [3.05, 3.63) is 65.2 Å². The molecule has 2 aromatic carbocycles. The minimum absolute atomic E-state index is 0.220. The van der Waals surface area contributed by atoms with Gasteiger partial charge in [0.15, 0.2) is 6.61 Å². The molecular formula is C22H21N3O5. The third-order valence-electron chi connectivity index (χ3n) is 3.98. The largest absolute Gasteiger partial charge is 0.465 e. The van der Waals surface area contributed by atoms with Gasteiger partial charge >= 0.3 is 11.9 Å². The van der Waals surface area contributed by atoms with E-state index in [2.05, 4.69) is 10.1 Å². The standard InChI is InChI=1S/C22H21N3O5/c1-25(2)19-10-4-15(5-11-19)12-17(13-23)22(28)30-14-20(26)24-18-8-6-16(7-9-18)21(27)29-3/h4-12H,14H2,1-3H3,(H,24,26)/b17-12+. The number of nitrogens with one attached hydrogen (secondary N) is 1. The number of ether oxygens (including phenoxy) is 2. The number of amides is 1. The molecule has 1 amide bonds. The number of rotatable bonds is 7. The summed E-state index contributed by atoms with van der Waals surface area (Å²) >= 11 is 0. The summed E-state index contributed by atoms with van der Waals surface area (Å²) in [6.07, 6.45) is 1.39. The molecule has 2 rings (SSSR count). The highest BCUT2D eigenvalue weighted by atomic mass is 16.5. The van der Waals surface area contributed by atoms with E-state index >= 15 is 0 Å². The van der Waals surface area contributed by atoms with Gasteiger partial charge in [-0.25, -0.2) is 9.59 Å². The van der Waals surface area contributed by atoms with Crippen molar-refractivity contribution >= 4 is 35.3 Å². The van der Waals surface area contributed by atoms with Crippen LogP contribution in [0.25, 0.3) is 6.08 Å². The van der Waals surface area contributed by atoms with Crippen molar-refractivity contribution in [3.8, 4) is 6.07 Å². The molecule has 0 unspecified atom stereocenters. The number of esters is 2. The Bertz CT molecular complexity index is 987. The number of carbonyl (C=O) groups excluding carboxylic acids is 3. The van der Waals surface area contributed by atoms with E-state index in [4.69, 9.17) is 4.74 Å². The van der Waals surface area contributed by atoms with E-state index in [1.165, 1.54) is 37.5 Å². The molecule has 0 fully saturated rings. The molecule has 8 nitrogen and oxygen atoms in total. The molecule has 154 valence electrons. The van der Waals surface area contributed by atoms with Crippen molar-refractivity contribution in [1.29, 1.82) is 5.26 Å². The lowest BCUT2D eigenvalue weighted by Crippen LogP contribution is -2.21. The predicted molar refractivity (Wildman–Crippen MR) is 112 cm³/mol. The number of hydrogen-bond donors (Lipinski definition) is 1. The number of benzene rings is 2. The number of nitrogens with zero attached hydrogens (tertiary/aromatic N) is 2. The lowest BCUT2D eigenvalue weighted by atomic mass is 10.1. The van der Waals surface area contributed by atoms with Gasteiger partial charge in [0.05, 0.1) is 12.7 Å². The second kappa shape index (κ2) is 10.4. The van der Waals surface area contributed by atoms with E-state index in [1.807, 2.05) is 31.1 Å². The fraction of sp³-hybridized carbons (Fsp3) is 0.182. The van der Waals surface area contributed by atoms with Crippen molar-refractivity contribution in [2.24, 2.45) is 0 Å². The second-order valence-electron chi connectivity index (χ2n) is 6.35. The summed E-state index contributed by atoms with van der Waals surface area (Å²) in [7, 11) is 5.08. The van der Waals surface area contributed by atoms with Crippen LogP contribution in [0.2, 0.25) is 0 Å². The molecule has 0 aliphatic rings. The van der Waals surface area contributed by atoms with Crippen LogP contribution in [0.1, 0.15) is 15.9 Å². The first-order valence-electron chi connectivity index (χ1n) is 8.88. The minimum Gasteiger partial charge on any atom is -0.465 e. The van der Waals surface area contributed by atoms with Gasteiger partial charge in [-0.2, -0.15) is 5.26 Å². The van der Waals surface area contributed by atoms with Crippen LogP contribution in [0.5, 0.6) is 0 Å². The SMILES string of the molecule is COC(=O)c1ccc(NC(=O)COC(=O)/C(C#N)=C/c2ccc(N(C)C)cc2)cc1. The Labute approximate surface area is 174 Å². The molecule has 2 aromatic rings. The van der Waals surface area contributed by atoms with Gasteiger partial charge in [-0.15, -0.1) is 0 Å². The number of anilines is 2. The molecular weight excluding hydrogens is 386 g/mol. The van der Waals surface area contributed by atoms with Crippen molar-refractivity contribution in [2.75, 3.05) is 38.0 Å². The zero-order valence-corrected chi connectivity index (χ0v) is 16.8. The number of carbonyl (C=O) groups is 3. The lowest BCUT2D eigenvalue weighted by molar-refractivity contribution is -0.142. The smallest absolute Gasteiger partial charge is 0.349 e. The Balaban J connectivity index is 1.93. The lowest BCUT2D eigenvalue weighted by Gasteiger charge is -2.11. The molecule has 8 heteroatoms. The van der Waals surface area contributed by atoms with E-state index in [0.29, 0.717) is 16.8 Å². The minimum atomic E-state index is -0.898. The third kappa shape index (κ3) is 6.21. The van der Waals surface area contributed by atoms with Crippen molar-refractivity contribution in [1.82, 2.24) is 0 Å². The number of nitriles is 1. The van der Waals surface area contributed by atoms with Crippen LogP contribution in [-0.2, 0) is 19.1 Å². The number of methoxy groups -OCH3 is 1. The molecule has 0 aromatic heterocycles. The Morgan fingerprint density at radius 1 is 1.07 bits per heavy atom. The van der Waals surface area contributed by atoms with Gasteiger partial charge in [0, 0.05) is 25.5 Å². The van der Waals surface area contributed by atoms with Crippen molar-refractivity contribution < 1.29 is 23.9 Å². The number of hydrogen-bond acceptors (Lipinski definition) is 7. The Hall–Kier alpha value is -4.12. The first kappa shape index (κ1) is 22.2. The average Bonchev–Trinajstić information content (AvgIpc) is 2.76. The first-order valence-corrected chi connectivity index (χ1v) is 8.88. The van der Waals surface area contributed by atoms with E-state index < -0.39 is 24.5 Å². The van der Waals surface area contributed by atoms with E-state index in [-0.39, 0.29) is 5.57 Å². The van der Waals surface area contributed by atoms with E-state index in [0.717, 1.165) is 5.69 Å². The molecule has 1 N–H and O–H groups in total. The summed E-state index contributed by atoms with van der Waals surface area (Å²) in [5.74, 6) is -1.97. The van der Waals surface area contributed by atoms with Crippen molar-refractivity contribution in [2.45, 2.75) is 0 Å². The summed E-state index contributed by atoms with van der Waals surface area (Å²) in [4.78, 5) is 37.4. The zero-order valence-electron chi connectivity index (χ0n) is 16.8. The molecule has 0 saturated carbocycles. The molecule has 0 aliphatic carbocycles. The quantitative estimate of drug-likeness (QED) is 0.427. The fourth-order valence-corrected chi connectivity index (χ4v) is 2.39. The zero-order chi connectivity index (χ0) is 22.1. The van der Waals surface area contributed by atoms with Crippen LogP contribution in [0, 0.1) is 11.3 Å². The average molecular weight is 407 g/mol. The summed E-state index contributed by atoms with van der Waals surface area (Å²) in [6, 6.07) is 15.0. The Kier molecular flexibility index (Phi) is 7.71. The first-order chi connectivity index (χ1) is 14.3. The van der Waals surface area contributed by atoms with Crippen molar-refractivity contribution in [3.63, 3.8) is 0 Å². The highest BCUT2D eigenvalue weighted by molar-refractivity contribution is 6.00. The van der Waals surface area contributed by atoms with Crippen LogP contribution in [0.4, 0.5) is 11.4 Å². The highest BCUT2D eigenvalue weighted by Crippen LogP contribution is 2.15. The van der Waals surface area contributed by atoms with Crippen LogP contribution in [0.3, 0.4) is 0 Å². The van der Waals surface area contributed by atoms with Crippen LogP contribution in [0.15, 0.2) is 54.1 Å². The van der Waals surface area contributed by atoms with E-state index in [1.54, 1.807) is 18.2 Å². The Morgan fingerprint density at radius 2 is 1.70 bits per heavy atom. The molecule has 0 saturated heterocycles. The van der Waals surface area contributed by atoms with Gasteiger partial charge in [0.2, 0.25) is 0 Å². The molecule has 0 aliphatic heterocycles. The third-order valence-corrected chi connectivity index (χ3v) is 3.98. The monoisotopic (exact) mass is 407 g/mol. The molecule has 0 spiro atoms. The fourth-order valence-electron chi connectivity index (χ4n) is 2.39. The predicted octanol–water partition coefficient (Wildman–Crippen LogP) is 2.63. The Morgan fingerprint density at radius 3 is 2.23 bits per heavy atom. The maximum absolute atomic E-state index is 12.1. The molecule has 0 bridgehead atoms. The van der Waals surface area contributed by atoms with Gasteiger partial charge in [-0.3, -0.25) is 4.79 Å². The summed E-state index contributed by atoms with van der Waals surface area (Å²) in [5, 5.41) is 11.8. The molecule has 0 heterocycles. The topological polar surface area (TPSA) is 109 Å². The summed E-state index contributed by atoms with van der Waals surface area (Å²) < 4.78 is 9.51. The van der Waals surface area contributed by atoms with Gasteiger partial charge in [-0.05, 0) is 48.0 Å². The normalized spacial score (nSPS) is 10.5. The van der Waals surface area contributed by atoms with Gasteiger partial charge in [0.25, 0.3) is 5.91 Å². The van der Waals surface area contributed by atoms with Crippen LogP contribution >= 0.6 is 0 Å². The molecule has 30 heavy (non-hydrogen) atoms. The van der Waals surface area contributed by atoms with Crippen LogP contribution < -0.4 is 10.2 Å². The maximum Gasteiger partial charge on any atom is 0.349 e. The highest BCUT2D eigenvalue weighted by Gasteiger charge is 2.14. The second-order valence-corrected chi connectivity index (χ2v) is 6.35. The van der Waals surface area contributed by atoms with Gasteiger partial charge in [-0.1, -0.05) is 12.1 Å². The molecule has 0 atom stereocenters.